The number of nitrogens with zero attached hydrogens (tertiary/aromatic N) is 1. The van der Waals surface area contributed by atoms with Crippen LogP contribution in [0.4, 0.5) is 0 Å². The van der Waals surface area contributed by atoms with Gasteiger partial charge in [0, 0.05) is 10.3 Å². The van der Waals surface area contributed by atoms with Crippen LogP contribution in [-0.2, 0) is 9.59 Å². The fraction of sp³-hybridized carbons (Fsp3) is 0.526. The molecular weight excluding hydrogens is 352 g/mol. The summed E-state index contributed by atoms with van der Waals surface area (Å²) in [6, 6.07) is 5.72. The van der Waals surface area contributed by atoms with Gasteiger partial charge in [-0.25, -0.2) is 4.79 Å². The molecule has 3 rings (SSSR count). The zero-order valence-corrected chi connectivity index (χ0v) is 16.2. The summed E-state index contributed by atoms with van der Waals surface area (Å²) in [7, 11) is 0. The Morgan fingerprint density at radius 3 is 2.58 bits per heavy atom. The van der Waals surface area contributed by atoms with Crippen LogP contribution in [0.15, 0.2) is 24.3 Å². The standard InChI is InChI=1S/C19H24N2O4S/c1-10(2)9-13(18(24)25)20-15(22)14-19(3,4)26-17-12-8-6-5-7-11(12)16(23)21(14)17/h5-8,10,13-14,17H,9H2,1-4H3,(H,20,22)(H,24,25)/t13-,14-,17-/m0/s1. The molecule has 1 aromatic rings. The van der Waals surface area contributed by atoms with Gasteiger partial charge in [-0.1, -0.05) is 32.0 Å². The summed E-state index contributed by atoms with van der Waals surface area (Å²) >= 11 is 1.57. The van der Waals surface area contributed by atoms with Crippen molar-refractivity contribution in [2.75, 3.05) is 0 Å². The summed E-state index contributed by atoms with van der Waals surface area (Å²) in [6.07, 6.45) is 0.346. The summed E-state index contributed by atoms with van der Waals surface area (Å²) in [5.74, 6) is -1.49. The number of benzene rings is 1. The lowest BCUT2D eigenvalue weighted by Gasteiger charge is -2.30. The van der Waals surface area contributed by atoms with Crippen molar-refractivity contribution < 1.29 is 19.5 Å². The van der Waals surface area contributed by atoms with Gasteiger partial charge in [0.15, 0.2) is 0 Å². The molecule has 0 spiro atoms. The summed E-state index contributed by atoms with van der Waals surface area (Å²) in [6.45, 7) is 7.67. The predicted octanol–water partition coefficient (Wildman–Crippen LogP) is 2.65. The summed E-state index contributed by atoms with van der Waals surface area (Å²) in [5, 5.41) is 11.9. The van der Waals surface area contributed by atoms with Crippen LogP contribution in [0.3, 0.4) is 0 Å². The Balaban J connectivity index is 1.88. The second kappa shape index (κ2) is 6.61. The molecule has 26 heavy (non-hydrogen) atoms. The van der Waals surface area contributed by atoms with Gasteiger partial charge >= 0.3 is 5.97 Å². The van der Waals surface area contributed by atoms with Gasteiger partial charge in [0.2, 0.25) is 5.91 Å². The maximum Gasteiger partial charge on any atom is 0.326 e. The lowest BCUT2D eigenvalue weighted by Crippen LogP contribution is -2.55. The molecule has 0 saturated carbocycles. The maximum atomic E-state index is 13.0. The number of hydrogen-bond donors (Lipinski definition) is 2. The maximum absolute atomic E-state index is 13.0. The first-order chi connectivity index (χ1) is 12.1. The molecule has 3 atom stereocenters. The topological polar surface area (TPSA) is 86.7 Å². The first-order valence-electron chi connectivity index (χ1n) is 8.76. The fourth-order valence-corrected chi connectivity index (χ4v) is 5.34. The number of rotatable bonds is 5. The van der Waals surface area contributed by atoms with E-state index in [1.807, 2.05) is 45.9 Å². The van der Waals surface area contributed by atoms with Crippen molar-refractivity contribution in [3.05, 3.63) is 35.4 Å². The van der Waals surface area contributed by atoms with E-state index in [-0.39, 0.29) is 17.2 Å². The van der Waals surface area contributed by atoms with E-state index in [1.54, 1.807) is 22.7 Å². The highest BCUT2D eigenvalue weighted by atomic mass is 32.2. The van der Waals surface area contributed by atoms with Gasteiger partial charge in [0.1, 0.15) is 17.5 Å². The number of amides is 2. The van der Waals surface area contributed by atoms with Crippen LogP contribution in [0, 0.1) is 5.92 Å². The van der Waals surface area contributed by atoms with E-state index in [0.717, 1.165) is 5.56 Å². The van der Waals surface area contributed by atoms with Gasteiger partial charge in [-0.05, 0) is 37.8 Å². The molecule has 2 heterocycles. The quantitative estimate of drug-likeness (QED) is 0.825. The van der Waals surface area contributed by atoms with Crippen LogP contribution in [0.5, 0.6) is 0 Å². The average molecular weight is 376 g/mol. The minimum atomic E-state index is -1.05. The molecule has 2 N–H and O–H groups in total. The van der Waals surface area contributed by atoms with Crippen molar-refractivity contribution >= 4 is 29.5 Å². The molecular formula is C19H24N2O4S. The van der Waals surface area contributed by atoms with E-state index in [4.69, 9.17) is 0 Å². The molecule has 0 unspecified atom stereocenters. The van der Waals surface area contributed by atoms with Crippen molar-refractivity contribution in [1.29, 1.82) is 0 Å². The Labute approximate surface area is 157 Å². The van der Waals surface area contributed by atoms with Gasteiger partial charge < -0.3 is 15.3 Å². The minimum Gasteiger partial charge on any atom is -0.480 e. The molecule has 2 amide bonds. The predicted molar refractivity (Wildman–Crippen MR) is 99.8 cm³/mol. The van der Waals surface area contributed by atoms with E-state index >= 15 is 0 Å². The normalized spacial score (nSPS) is 24.3. The van der Waals surface area contributed by atoms with Gasteiger partial charge in [-0.3, -0.25) is 9.59 Å². The van der Waals surface area contributed by atoms with Crippen molar-refractivity contribution in [3.63, 3.8) is 0 Å². The first kappa shape index (κ1) is 18.8. The first-order valence-corrected chi connectivity index (χ1v) is 9.64. The number of thioether (sulfide) groups is 1. The molecule has 1 fully saturated rings. The number of hydrogen-bond acceptors (Lipinski definition) is 4. The Morgan fingerprint density at radius 2 is 1.96 bits per heavy atom. The van der Waals surface area contributed by atoms with Crippen LogP contribution in [0.25, 0.3) is 0 Å². The van der Waals surface area contributed by atoms with Crippen LogP contribution < -0.4 is 5.32 Å². The number of carbonyl (C=O) groups excluding carboxylic acids is 2. The highest BCUT2D eigenvalue weighted by Gasteiger charge is 2.57. The van der Waals surface area contributed by atoms with E-state index in [2.05, 4.69) is 5.32 Å². The van der Waals surface area contributed by atoms with Gasteiger partial charge in [-0.15, -0.1) is 11.8 Å². The van der Waals surface area contributed by atoms with Gasteiger partial charge in [-0.2, -0.15) is 0 Å². The molecule has 1 aromatic carbocycles. The number of aliphatic carboxylic acids is 1. The van der Waals surface area contributed by atoms with E-state index < -0.39 is 28.7 Å². The molecule has 140 valence electrons. The lowest BCUT2D eigenvalue weighted by atomic mass is 9.98. The van der Waals surface area contributed by atoms with E-state index in [0.29, 0.717) is 12.0 Å². The second-order valence-corrected chi connectivity index (χ2v) is 9.54. The SMILES string of the molecule is CC(C)C[C@H](NC(=O)[C@@H]1N2C(=O)c3ccccc3[C@@H]2SC1(C)C)C(=O)O. The lowest BCUT2D eigenvalue weighted by molar-refractivity contribution is -0.143. The Hall–Kier alpha value is -2.02. The van der Waals surface area contributed by atoms with Crippen molar-refractivity contribution in [2.45, 2.75) is 56.3 Å². The zero-order valence-electron chi connectivity index (χ0n) is 15.4. The van der Waals surface area contributed by atoms with Crippen molar-refractivity contribution in [2.24, 2.45) is 5.92 Å². The van der Waals surface area contributed by atoms with Gasteiger partial charge in [0.25, 0.3) is 5.91 Å². The molecule has 1 saturated heterocycles. The fourth-order valence-electron chi connectivity index (χ4n) is 3.75. The molecule has 2 aliphatic rings. The van der Waals surface area contributed by atoms with Crippen LogP contribution in [0.2, 0.25) is 0 Å². The molecule has 0 aromatic heterocycles. The van der Waals surface area contributed by atoms with E-state index in [1.165, 1.54) is 0 Å². The van der Waals surface area contributed by atoms with E-state index in [9.17, 15) is 19.5 Å². The molecule has 2 aliphatic heterocycles. The number of nitrogens with one attached hydrogen (secondary N) is 1. The van der Waals surface area contributed by atoms with Crippen LogP contribution in [-0.4, -0.2) is 44.6 Å². The monoisotopic (exact) mass is 376 g/mol. The largest absolute Gasteiger partial charge is 0.480 e. The molecule has 0 radical (unpaired) electrons. The number of carboxylic acids is 1. The van der Waals surface area contributed by atoms with Crippen LogP contribution >= 0.6 is 11.8 Å². The average Bonchev–Trinajstić information content (AvgIpc) is 2.97. The van der Waals surface area contributed by atoms with Gasteiger partial charge in [0.05, 0.1) is 0 Å². The number of carbonyl (C=O) groups is 3. The third-order valence-corrected chi connectivity index (χ3v) is 6.40. The second-order valence-electron chi connectivity index (χ2n) is 7.80. The smallest absolute Gasteiger partial charge is 0.326 e. The Kier molecular flexibility index (Phi) is 4.77. The third kappa shape index (κ3) is 3.09. The zero-order chi connectivity index (χ0) is 19.2. The third-order valence-electron chi connectivity index (χ3n) is 4.87. The minimum absolute atomic E-state index is 0.132. The highest BCUT2D eigenvalue weighted by molar-refractivity contribution is 8.01. The number of carboxylic acid groups (broad SMARTS) is 1. The Bertz CT molecular complexity index is 762. The molecule has 6 nitrogen and oxygen atoms in total. The number of fused-ring (bicyclic) bond motifs is 3. The Morgan fingerprint density at radius 1 is 1.31 bits per heavy atom. The summed E-state index contributed by atoms with van der Waals surface area (Å²) in [4.78, 5) is 39.0. The summed E-state index contributed by atoms with van der Waals surface area (Å²) in [5.41, 5.74) is 1.54. The highest BCUT2D eigenvalue weighted by Crippen LogP contribution is 2.56. The van der Waals surface area contributed by atoms with Crippen molar-refractivity contribution in [3.8, 4) is 0 Å². The van der Waals surface area contributed by atoms with Crippen LogP contribution in [0.1, 0.15) is 55.4 Å². The molecule has 0 aliphatic carbocycles. The molecule has 0 bridgehead atoms. The van der Waals surface area contributed by atoms with Crippen molar-refractivity contribution in [1.82, 2.24) is 10.2 Å². The molecule has 7 heteroatoms. The summed E-state index contributed by atoms with van der Waals surface area (Å²) < 4.78 is -0.515.